The van der Waals surface area contributed by atoms with E-state index in [4.69, 9.17) is 5.73 Å². The van der Waals surface area contributed by atoms with E-state index in [1.165, 1.54) is 11.3 Å². The number of aryl methyl sites for hydroxylation is 1. The molecule has 2 amide bonds. The van der Waals surface area contributed by atoms with Crippen molar-refractivity contribution in [2.75, 3.05) is 5.32 Å². The minimum absolute atomic E-state index is 0.336. The number of nitrogens with one attached hydrogen (secondary N) is 1. The maximum Gasteiger partial charge on any atom is 0.251 e. The number of thiophene rings is 1. The van der Waals surface area contributed by atoms with Crippen molar-refractivity contribution < 1.29 is 14.0 Å². The molecule has 3 N–H and O–H groups in total. The summed E-state index contributed by atoms with van der Waals surface area (Å²) in [4.78, 5) is 36.7. The van der Waals surface area contributed by atoms with Crippen LogP contribution in [0.1, 0.15) is 33.6 Å². The number of fused-ring (bicyclic) bond motifs is 1. The number of nitrogens with zero attached hydrogens (tertiary/aromatic N) is 1. The number of nitrogens with two attached hydrogens (primary N) is 1. The van der Waals surface area contributed by atoms with Crippen LogP contribution in [0.5, 0.6) is 0 Å². The molecule has 6 nitrogen and oxygen atoms in total. The summed E-state index contributed by atoms with van der Waals surface area (Å²) in [5, 5.41) is 3.05. The molecular formula is C16H16FN3O3S. The Bertz CT molecular complexity index is 872. The summed E-state index contributed by atoms with van der Waals surface area (Å²) < 4.78 is 14.2. The largest absolute Gasteiger partial charge is 0.365 e. The van der Waals surface area contributed by atoms with E-state index in [2.05, 4.69) is 5.32 Å². The highest BCUT2D eigenvalue weighted by Gasteiger charge is 2.25. The maximum atomic E-state index is 13.2. The van der Waals surface area contributed by atoms with Gasteiger partial charge < -0.3 is 15.6 Å². The van der Waals surface area contributed by atoms with Crippen LogP contribution in [0, 0.1) is 5.82 Å². The molecule has 0 saturated carbocycles. The molecule has 1 aliphatic carbocycles. The lowest BCUT2D eigenvalue weighted by atomic mass is 9.95. The topological polar surface area (TPSA) is 94.2 Å². The van der Waals surface area contributed by atoms with Crippen molar-refractivity contribution in [2.45, 2.75) is 32.2 Å². The van der Waals surface area contributed by atoms with Gasteiger partial charge in [0.25, 0.3) is 11.5 Å². The van der Waals surface area contributed by atoms with E-state index >= 15 is 0 Å². The van der Waals surface area contributed by atoms with Gasteiger partial charge in [-0.05, 0) is 37.3 Å². The van der Waals surface area contributed by atoms with Gasteiger partial charge in [-0.15, -0.1) is 11.3 Å². The standard InChI is InChI=1S/C16H16FN3O3S/c17-9-5-6-13(22)20(7-9)8-12(21)19-16-14(15(18)23)10-3-1-2-4-11(10)24-16/h5-7H,1-4,8H2,(H2,18,23)(H,19,21). The summed E-state index contributed by atoms with van der Waals surface area (Å²) in [7, 11) is 0. The van der Waals surface area contributed by atoms with Gasteiger partial charge in [-0.25, -0.2) is 4.39 Å². The molecule has 8 heteroatoms. The first kappa shape index (κ1) is 16.4. The van der Waals surface area contributed by atoms with Crippen LogP contribution in [0.3, 0.4) is 0 Å². The fourth-order valence-electron chi connectivity index (χ4n) is 2.86. The summed E-state index contributed by atoms with van der Waals surface area (Å²) in [5.74, 6) is -1.69. The highest BCUT2D eigenvalue weighted by atomic mass is 32.1. The Morgan fingerprint density at radius 2 is 2.04 bits per heavy atom. The summed E-state index contributed by atoms with van der Waals surface area (Å²) >= 11 is 1.34. The van der Waals surface area contributed by atoms with Crippen molar-refractivity contribution in [3.8, 4) is 0 Å². The van der Waals surface area contributed by atoms with Gasteiger partial charge in [-0.1, -0.05) is 0 Å². The molecule has 24 heavy (non-hydrogen) atoms. The maximum absolute atomic E-state index is 13.2. The molecule has 0 bridgehead atoms. The van der Waals surface area contributed by atoms with Crippen LogP contribution in [-0.2, 0) is 24.2 Å². The molecule has 0 radical (unpaired) electrons. The molecular weight excluding hydrogens is 333 g/mol. The van der Waals surface area contributed by atoms with E-state index in [0.717, 1.165) is 59.0 Å². The minimum atomic E-state index is -0.605. The van der Waals surface area contributed by atoms with E-state index in [1.807, 2.05) is 0 Å². The first-order valence-corrected chi connectivity index (χ1v) is 8.37. The van der Waals surface area contributed by atoms with Crippen LogP contribution < -0.4 is 16.6 Å². The number of hydrogen-bond acceptors (Lipinski definition) is 4. The number of carbonyl (C=O) groups excluding carboxylic acids is 2. The number of primary amides is 1. The molecule has 2 aromatic heterocycles. The highest BCUT2D eigenvalue weighted by Crippen LogP contribution is 2.37. The average Bonchev–Trinajstić information content (AvgIpc) is 2.88. The normalized spacial score (nSPS) is 13.4. The van der Waals surface area contributed by atoms with E-state index in [-0.39, 0.29) is 6.54 Å². The fourth-order valence-corrected chi connectivity index (χ4v) is 4.17. The molecule has 0 spiro atoms. The lowest BCUT2D eigenvalue weighted by Crippen LogP contribution is -2.27. The predicted molar refractivity (Wildman–Crippen MR) is 88.8 cm³/mol. The Hall–Kier alpha value is -2.48. The quantitative estimate of drug-likeness (QED) is 0.879. The minimum Gasteiger partial charge on any atom is -0.365 e. The number of anilines is 1. The van der Waals surface area contributed by atoms with E-state index in [0.29, 0.717) is 10.6 Å². The second kappa shape index (κ2) is 6.56. The summed E-state index contributed by atoms with van der Waals surface area (Å²) in [6.07, 6.45) is 4.62. The third-order valence-electron chi connectivity index (χ3n) is 3.93. The summed E-state index contributed by atoms with van der Waals surface area (Å²) in [5.41, 5.74) is 6.26. The first-order valence-electron chi connectivity index (χ1n) is 7.56. The number of pyridine rings is 1. The number of halogens is 1. The number of rotatable bonds is 4. The van der Waals surface area contributed by atoms with Crippen molar-refractivity contribution in [1.29, 1.82) is 0 Å². The fraction of sp³-hybridized carbons (Fsp3) is 0.312. The third-order valence-corrected chi connectivity index (χ3v) is 5.14. The predicted octanol–water partition coefficient (Wildman–Crippen LogP) is 1.67. The van der Waals surface area contributed by atoms with Crippen LogP contribution >= 0.6 is 11.3 Å². The Kier molecular flexibility index (Phi) is 4.48. The molecule has 126 valence electrons. The Morgan fingerprint density at radius 3 is 2.79 bits per heavy atom. The molecule has 0 aliphatic heterocycles. The molecule has 2 aromatic rings. The molecule has 0 aromatic carbocycles. The molecule has 0 fully saturated rings. The summed E-state index contributed by atoms with van der Waals surface area (Å²) in [6.45, 7) is -0.336. The zero-order valence-electron chi connectivity index (χ0n) is 12.8. The third kappa shape index (κ3) is 3.23. The van der Waals surface area contributed by atoms with E-state index in [1.54, 1.807) is 0 Å². The Balaban J connectivity index is 1.84. The SMILES string of the molecule is NC(=O)c1c(NC(=O)Cn2cc(F)ccc2=O)sc2c1CCCC2. The van der Waals surface area contributed by atoms with E-state index < -0.39 is 23.2 Å². The van der Waals surface area contributed by atoms with Crippen molar-refractivity contribution in [1.82, 2.24) is 4.57 Å². The smallest absolute Gasteiger partial charge is 0.251 e. The number of amides is 2. The highest BCUT2D eigenvalue weighted by molar-refractivity contribution is 7.17. The molecule has 1 aliphatic rings. The number of hydrogen-bond donors (Lipinski definition) is 2. The molecule has 0 unspecified atom stereocenters. The van der Waals surface area contributed by atoms with Gasteiger partial charge in [0.15, 0.2) is 0 Å². The molecule has 2 heterocycles. The van der Waals surface area contributed by atoms with Gasteiger partial charge in [0.1, 0.15) is 17.4 Å². The van der Waals surface area contributed by atoms with Gasteiger partial charge in [0.05, 0.1) is 5.56 Å². The van der Waals surface area contributed by atoms with Crippen molar-refractivity contribution >= 4 is 28.2 Å². The van der Waals surface area contributed by atoms with Gasteiger partial charge in [-0.2, -0.15) is 0 Å². The Morgan fingerprint density at radius 1 is 1.29 bits per heavy atom. The lowest BCUT2D eigenvalue weighted by Gasteiger charge is -2.11. The van der Waals surface area contributed by atoms with Crippen LogP contribution in [-0.4, -0.2) is 16.4 Å². The van der Waals surface area contributed by atoms with Gasteiger partial charge in [-0.3, -0.25) is 14.4 Å². The van der Waals surface area contributed by atoms with Crippen LogP contribution in [0.15, 0.2) is 23.1 Å². The van der Waals surface area contributed by atoms with Gasteiger partial charge in [0, 0.05) is 17.1 Å². The van der Waals surface area contributed by atoms with Crippen molar-refractivity contribution in [3.63, 3.8) is 0 Å². The monoisotopic (exact) mass is 349 g/mol. The van der Waals surface area contributed by atoms with Crippen LogP contribution in [0.4, 0.5) is 9.39 Å². The average molecular weight is 349 g/mol. The number of aromatic nitrogens is 1. The lowest BCUT2D eigenvalue weighted by molar-refractivity contribution is -0.116. The Labute approximate surface area is 141 Å². The second-order valence-corrected chi connectivity index (χ2v) is 6.75. The van der Waals surface area contributed by atoms with Crippen LogP contribution in [0.25, 0.3) is 0 Å². The van der Waals surface area contributed by atoms with Gasteiger partial charge in [0.2, 0.25) is 5.91 Å². The molecule has 3 rings (SSSR count). The van der Waals surface area contributed by atoms with Crippen molar-refractivity contribution in [3.05, 3.63) is 50.5 Å². The molecule has 0 saturated heterocycles. The van der Waals surface area contributed by atoms with Crippen molar-refractivity contribution in [2.24, 2.45) is 5.73 Å². The second-order valence-electron chi connectivity index (χ2n) is 5.64. The first-order chi connectivity index (χ1) is 11.5. The zero-order valence-corrected chi connectivity index (χ0v) is 13.6. The van der Waals surface area contributed by atoms with Crippen LogP contribution in [0.2, 0.25) is 0 Å². The van der Waals surface area contributed by atoms with Gasteiger partial charge >= 0.3 is 0 Å². The van der Waals surface area contributed by atoms with E-state index in [9.17, 15) is 18.8 Å². The molecule has 0 atom stereocenters. The zero-order chi connectivity index (χ0) is 17.3. The number of carbonyl (C=O) groups is 2. The summed E-state index contributed by atoms with van der Waals surface area (Å²) in [6, 6.07) is 2.09.